The van der Waals surface area contributed by atoms with Crippen LogP contribution < -0.4 is 5.32 Å². The molecular formula is C20H23ClFN3O3. The van der Waals surface area contributed by atoms with Crippen molar-refractivity contribution >= 4 is 23.5 Å². The Balaban J connectivity index is 1.62. The number of nitrogens with zero attached hydrogens (tertiary/aromatic N) is 2. The third kappa shape index (κ3) is 4.90. The lowest BCUT2D eigenvalue weighted by Crippen LogP contribution is -2.37. The molecule has 0 bridgehead atoms. The van der Waals surface area contributed by atoms with E-state index in [9.17, 15) is 14.0 Å². The van der Waals surface area contributed by atoms with Gasteiger partial charge in [-0.3, -0.25) is 4.79 Å². The van der Waals surface area contributed by atoms with Gasteiger partial charge in [-0.1, -0.05) is 37.3 Å². The van der Waals surface area contributed by atoms with Crippen molar-refractivity contribution in [1.29, 1.82) is 0 Å². The standard InChI is InChI=1S/C20H23ClFN3O3/c1-13-18(19(21)25(24-13)16-10-8-14(22)9-11-16)20(27)28-12-17(26)23-15-6-4-2-3-5-7-15/h8-11,15H,2-7,12H2,1H3,(H,23,26). The highest BCUT2D eigenvalue weighted by Gasteiger charge is 2.24. The summed E-state index contributed by atoms with van der Waals surface area (Å²) in [4.78, 5) is 24.5. The van der Waals surface area contributed by atoms with Crippen LogP contribution in [-0.4, -0.2) is 34.3 Å². The minimum Gasteiger partial charge on any atom is -0.452 e. The van der Waals surface area contributed by atoms with Gasteiger partial charge in [0.15, 0.2) is 6.61 Å². The van der Waals surface area contributed by atoms with Crippen molar-refractivity contribution < 1.29 is 18.7 Å². The number of halogens is 2. The summed E-state index contributed by atoms with van der Waals surface area (Å²) in [7, 11) is 0. The molecule has 1 N–H and O–H groups in total. The molecule has 150 valence electrons. The molecule has 0 radical (unpaired) electrons. The maximum atomic E-state index is 13.1. The SMILES string of the molecule is Cc1nn(-c2ccc(F)cc2)c(Cl)c1C(=O)OCC(=O)NC1CCCCCC1. The van der Waals surface area contributed by atoms with Crippen LogP contribution in [0.5, 0.6) is 0 Å². The van der Waals surface area contributed by atoms with Gasteiger partial charge in [0.05, 0.1) is 11.4 Å². The van der Waals surface area contributed by atoms with Crippen molar-refractivity contribution in [1.82, 2.24) is 15.1 Å². The summed E-state index contributed by atoms with van der Waals surface area (Å²) in [5.41, 5.74) is 0.969. The lowest BCUT2D eigenvalue weighted by molar-refractivity contribution is -0.125. The Labute approximate surface area is 168 Å². The minimum atomic E-state index is -0.716. The molecule has 0 unspecified atom stereocenters. The third-order valence-electron chi connectivity index (χ3n) is 4.83. The van der Waals surface area contributed by atoms with Crippen LogP contribution >= 0.6 is 11.6 Å². The number of aryl methyl sites for hydroxylation is 1. The van der Waals surface area contributed by atoms with Crippen LogP contribution in [0.3, 0.4) is 0 Å². The van der Waals surface area contributed by atoms with E-state index < -0.39 is 5.97 Å². The molecule has 3 rings (SSSR count). The zero-order chi connectivity index (χ0) is 20.1. The zero-order valence-electron chi connectivity index (χ0n) is 15.7. The highest BCUT2D eigenvalue weighted by atomic mass is 35.5. The Morgan fingerprint density at radius 2 is 1.86 bits per heavy atom. The molecular weight excluding hydrogens is 385 g/mol. The minimum absolute atomic E-state index is 0.0540. The Kier molecular flexibility index (Phi) is 6.67. The molecule has 0 atom stereocenters. The van der Waals surface area contributed by atoms with Gasteiger partial charge in [-0.15, -0.1) is 0 Å². The first-order valence-electron chi connectivity index (χ1n) is 9.43. The predicted molar refractivity (Wildman–Crippen MR) is 103 cm³/mol. The van der Waals surface area contributed by atoms with Crippen LogP contribution in [0.25, 0.3) is 5.69 Å². The van der Waals surface area contributed by atoms with Gasteiger partial charge in [-0.05, 0) is 44.0 Å². The summed E-state index contributed by atoms with van der Waals surface area (Å²) < 4.78 is 19.6. The number of hydrogen-bond acceptors (Lipinski definition) is 4. The fourth-order valence-electron chi connectivity index (χ4n) is 3.38. The van der Waals surface area contributed by atoms with Crippen molar-refractivity contribution in [3.05, 3.63) is 46.5 Å². The van der Waals surface area contributed by atoms with E-state index in [-0.39, 0.29) is 35.1 Å². The van der Waals surface area contributed by atoms with Crippen LogP contribution in [0.1, 0.15) is 54.6 Å². The average Bonchev–Trinajstić information content (AvgIpc) is 2.83. The molecule has 28 heavy (non-hydrogen) atoms. The zero-order valence-corrected chi connectivity index (χ0v) is 16.5. The second-order valence-corrected chi connectivity index (χ2v) is 7.33. The Morgan fingerprint density at radius 3 is 2.50 bits per heavy atom. The van der Waals surface area contributed by atoms with Gasteiger partial charge in [-0.2, -0.15) is 5.10 Å². The number of nitrogens with one attached hydrogen (secondary N) is 1. The van der Waals surface area contributed by atoms with Gasteiger partial charge in [0.1, 0.15) is 16.5 Å². The Morgan fingerprint density at radius 1 is 1.21 bits per heavy atom. The van der Waals surface area contributed by atoms with E-state index >= 15 is 0 Å². The van der Waals surface area contributed by atoms with E-state index in [1.807, 2.05) is 0 Å². The molecule has 8 heteroatoms. The highest BCUT2D eigenvalue weighted by molar-refractivity contribution is 6.33. The molecule has 1 aliphatic carbocycles. The fraction of sp³-hybridized carbons (Fsp3) is 0.450. The smallest absolute Gasteiger partial charge is 0.343 e. The van der Waals surface area contributed by atoms with Crippen LogP contribution in [0, 0.1) is 12.7 Å². The monoisotopic (exact) mass is 407 g/mol. The Hall–Kier alpha value is -2.41. The molecule has 0 aliphatic heterocycles. The number of benzene rings is 1. The lowest BCUT2D eigenvalue weighted by atomic mass is 10.1. The number of rotatable bonds is 5. The molecule has 0 saturated heterocycles. The lowest BCUT2D eigenvalue weighted by Gasteiger charge is -2.16. The van der Waals surface area contributed by atoms with Gasteiger partial charge in [-0.25, -0.2) is 13.9 Å². The van der Waals surface area contributed by atoms with Crippen molar-refractivity contribution in [2.45, 2.75) is 51.5 Å². The number of esters is 1. The molecule has 2 aromatic rings. The molecule has 1 aliphatic rings. The van der Waals surface area contributed by atoms with Crippen LogP contribution in [0.15, 0.2) is 24.3 Å². The molecule has 6 nitrogen and oxygen atoms in total. The normalized spacial score (nSPS) is 15.1. The second-order valence-electron chi connectivity index (χ2n) is 6.97. The first-order valence-corrected chi connectivity index (χ1v) is 9.81. The van der Waals surface area contributed by atoms with Gasteiger partial charge < -0.3 is 10.1 Å². The molecule has 0 spiro atoms. The van der Waals surface area contributed by atoms with Crippen molar-refractivity contribution in [2.24, 2.45) is 0 Å². The van der Waals surface area contributed by atoms with Gasteiger partial charge in [0.25, 0.3) is 5.91 Å². The second kappa shape index (κ2) is 9.19. The van der Waals surface area contributed by atoms with Crippen molar-refractivity contribution in [2.75, 3.05) is 6.61 Å². The summed E-state index contributed by atoms with van der Waals surface area (Å²) in [6.45, 7) is 1.25. The first kappa shape index (κ1) is 20.3. The molecule has 1 aromatic heterocycles. The highest BCUT2D eigenvalue weighted by Crippen LogP contribution is 2.24. The van der Waals surface area contributed by atoms with E-state index in [2.05, 4.69) is 10.4 Å². The largest absolute Gasteiger partial charge is 0.452 e. The summed E-state index contributed by atoms with van der Waals surface area (Å²) in [5, 5.41) is 7.20. The van der Waals surface area contributed by atoms with E-state index in [0.717, 1.165) is 25.7 Å². The van der Waals surface area contributed by atoms with E-state index in [1.165, 1.54) is 41.8 Å². The topological polar surface area (TPSA) is 73.2 Å². The van der Waals surface area contributed by atoms with E-state index in [0.29, 0.717) is 11.4 Å². The molecule has 1 aromatic carbocycles. The van der Waals surface area contributed by atoms with E-state index in [1.54, 1.807) is 6.92 Å². The van der Waals surface area contributed by atoms with Crippen molar-refractivity contribution in [3.63, 3.8) is 0 Å². The number of hydrogen-bond donors (Lipinski definition) is 1. The quantitative estimate of drug-likeness (QED) is 0.601. The maximum absolute atomic E-state index is 13.1. The number of ether oxygens (including phenoxy) is 1. The Bertz CT molecular complexity index is 843. The molecule has 1 amide bonds. The van der Waals surface area contributed by atoms with Crippen LogP contribution in [0.2, 0.25) is 5.15 Å². The summed E-state index contributed by atoms with van der Waals surface area (Å²) in [6, 6.07) is 5.70. The predicted octanol–water partition coefficient (Wildman–Crippen LogP) is 3.97. The fourth-order valence-corrected chi connectivity index (χ4v) is 3.73. The van der Waals surface area contributed by atoms with Crippen LogP contribution in [-0.2, 0) is 9.53 Å². The van der Waals surface area contributed by atoms with Gasteiger partial charge >= 0.3 is 5.97 Å². The maximum Gasteiger partial charge on any atom is 0.343 e. The third-order valence-corrected chi connectivity index (χ3v) is 5.18. The van der Waals surface area contributed by atoms with Gasteiger partial charge in [0.2, 0.25) is 0 Å². The number of aromatic nitrogens is 2. The van der Waals surface area contributed by atoms with Gasteiger partial charge in [0, 0.05) is 6.04 Å². The molecule has 1 heterocycles. The van der Waals surface area contributed by atoms with Crippen molar-refractivity contribution in [3.8, 4) is 5.69 Å². The summed E-state index contributed by atoms with van der Waals surface area (Å²) >= 11 is 6.29. The first-order chi connectivity index (χ1) is 13.5. The number of carbonyl (C=O) groups is 2. The average molecular weight is 408 g/mol. The molecule has 1 fully saturated rings. The number of amides is 1. The van der Waals surface area contributed by atoms with Crippen LogP contribution in [0.4, 0.5) is 4.39 Å². The molecule has 1 saturated carbocycles. The summed E-state index contributed by atoms with van der Waals surface area (Å²) in [6.07, 6.45) is 6.49. The number of carbonyl (C=O) groups excluding carboxylic acids is 2. The van der Waals surface area contributed by atoms with E-state index in [4.69, 9.17) is 16.3 Å². The summed E-state index contributed by atoms with van der Waals surface area (Å²) in [5.74, 6) is -1.42.